The van der Waals surface area contributed by atoms with Gasteiger partial charge in [0.15, 0.2) is 0 Å². The Bertz CT molecular complexity index is 455. The summed E-state index contributed by atoms with van der Waals surface area (Å²) < 4.78 is 6.01. The molecule has 1 atom stereocenters. The van der Waals surface area contributed by atoms with E-state index in [1.807, 2.05) is 11.8 Å². The van der Waals surface area contributed by atoms with Crippen LogP contribution in [0.25, 0.3) is 0 Å². The van der Waals surface area contributed by atoms with Gasteiger partial charge >= 0.3 is 5.69 Å². The SMILES string of the molecule is CCC1COCCN1c1ncc(Br)cc1[N+](=O)[O-]. The largest absolute Gasteiger partial charge is 0.377 e. The molecule has 2 rings (SSSR count). The summed E-state index contributed by atoms with van der Waals surface area (Å²) in [5.74, 6) is 0.429. The zero-order valence-corrected chi connectivity index (χ0v) is 11.6. The number of hydrogen-bond donors (Lipinski definition) is 0. The average Bonchev–Trinajstić information content (AvgIpc) is 2.38. The van der Waals surface area contributed by atoms with Crippen LogP contribution >= 0.6 is 15.9 Å². The number of anilines is 1. The number of halogens is 1. The first-order valence-corrected chi connectivity index (χ1v) is 6.57. The minimum atomic E-state index is -0.394. The molecule has 0 N–H and O–H groups in total. The summed E-state index contributed by atoms with van der Waals surface area (Å²) in [5, 5.41) is 11.1. The fraction of sp³-hybridized carbons (Fsp3) is 0.545. The number of aromatic nitrogens is 1. The van der Waals surface area contributed by atoms with Crippen LogP contribution in [0.4, 0.5) is 11.5 Å². The topological polar surface area (TPSA) is 68.5 Å². The first-order valence-electron chi connectivity index (χ1n) is 5.77. The third-order valence-electron chi connectivity index (χ3n) is 2.98. The van der Waals surface area contributed by atoms with E-state index in [-0.39, 0.29) is 11.7 Å². The van der Waals surface area contributed by atoms with E-state index in [1.54, 1.807) is 6.20 Å². The lowest BCUT2D eigenvalue weighted by Gasteiger charge is -2.35. The Morgan fingerprint density at radius 1 is 1.72 bits per heavy atom. The van der Waals surface area contributed by atoms with Gasteiger partial charge in [-0.15, -0.1) is 0 Å². The van der Waals surface area contributed by atoms with Crippen molar-refractivity contribution in [1.82, 2.24) is 4.98 Å². The summed E-state index contributed by atoms with van der Waals surface area (Å²) in [7, 11) is 0. The fourth-order valence-electron chi connectivity index (χ4n) is 2.05. The second-order valence-corrected chi connectivity index (χ2v) is 5.00. The standard InChI is InChI=1S/C11H14BrN3O3/c1-2-9-7-18-4-3-14(9)11-10(15(16)17)5-8(12)6-13-11/h5-6,9H,2-4,7H2,1H3. The van der Waals surface area contributed by atoms with Gasteiger partial charge in [0.1, 0.15) is 0 Å². The van der Waals surface area contributed by atoms with Crippen LogP contribution in [-0.2, 0) is 4.74 Å². The van der Waals surface area contributed by atoms with Gasteiger partial charge in [-0.1, -0.05) is 6.92 Å². The summed E-state index contributed by atoms with van der Waals surface area (Å²) in [6.07, 6.45) is 2.46. The highest BCUT2D eigenvalue weighted by Gasteiger charge is 2.28. The van der Waals surface area contributed by atoms with E-state index in [2.05, 4.69) is 20.9 Å². The van der Waals surface area contributed by atoms with Crippen LogP contribution in [0.2, 0.25) is 0 Å². The molecule has 2 heterocycles. The van der Waals surface area contributed by atoms with Gasteiger partial charge in [-0.25, -0.2) is 4.98 Å². The monoisotopic (exact) mass is 315 g/mol. The highest BCUT2D eigenvalue weighted by atomic mass is 79.9. The Hall–Kier alpha value is -1.21. The van der Waals surface area contributed by atoms with Crippen molar-refractivity contribution in [3.8, 4) is 0 Å². The number of ether oxygens (including phenoxy) is 1. The number of nitro groups is 1. The average molecular weight is 316 g/mol. The molecule has 0 amide bonds. The van der Waals surface area contributed by atoms with E-state index in [0.717, 1.165) is 6.42 Å². The second-order valence-electron chi connectivity index (χ2n) is 4.08. The van der Waals surface area contributed by atoms with Gasteiger partial charge in [-0.2, -0.15) is 0 Å². The molecule has 1 aromatic rings. The van der Waals surface area contributed by atoms with Gasteiger partial charge in [-0.05, 0) is 22.4 Å². The number of rotatable bonds is 3. The van der Waals surface area contributed by atoms with Crippen molar-refractivity contribution in [3.63, 3.8) is 0 Å². The maximum atomic E-state index is 11.1. The van der Waals surface area contributed by atoms with E-state index < -0.39 is 4.92 Å². The van der Waals surface area contributed by atoms with Crippen molar-refractivity contribution in [2.75, 3.05) is 24.7 Å². The highest BCUT2D eigenvalue weighted by Crippen LogP contribution is 2.31. The van der Waals surface area contributed by atoms with Gasteiger partial charge in [0.25, 0.3) is 0 Å². The Morgan fingerprint density at radius 2 is 2.50 bits per heavy atom. The molecule has 0 saturated carbocycles. The molecule has 0 spiro atoms. The number of pyridine rings is 1. The third kappa shape index (κ3) is 2.62. The molecular formula is C11H14BrN3O3. The summed E-state index contributed by atoms with van der Waals surface area (Å²) in [6, 6.07) is 1.64. The number of morpholine rings is 1. The van der Waals surface area contributed by atoms with Crippen LogP contribution in [0.15, 0.2) is 16.7 Å². The molecule has 0 aliphatic carbocycles. The van der Waals surface area contributed by atoms with Crippen LogP contribution in [0.5, 0.6) is 0 Å². The lowest BCUT2D eigenvalue weighted by molar-refractivity contribution is -0.384. The zero-order valence-electron chi connectivity index (χ0n) is 10.0. The first-order chi connectivity index (χ1) is 8.63. The molecule has 18 heavy (non-hydrogen) atoms. The highest BCUT2D eigenvalue weighted by molar-refractivity contribution is 9.10. The van der Waals surface area contributed by atoms with E-state index in [9.17, 15) is 10.1 Å². The first kappa shape index (κ1) is 13.2. The van der Waals surface area contributed by atoms with Crippen LogP contribution in [-0.4, -0.2) is 35.7 Å². The smallest absolute Gasteiger partial charge is 0.312 e. The van der Waals surface area contributed by atoms with E-state index in [4.69, 9.17) is 4.74 Å². The van der Waals surface area contributed by atoms with Crippen molar-refractivity contribution in [2.45, 2.75) is 19.4 Å². The molecule has 0 aromatic carbocycles. The molecule has 1 saturated heterocycles. The predicted octanol–water partition coefficient (Wildman–Crippen LogP) is 2.37. The Morgan fingerprint density at radius 3 is 3.17 bits per heavy atom. The molecule has 0 bridgehead atoms. The van der Waals surface area contributed by atoms with Crippen molar-refractivity contribution < 1.29 is 9.66 Å². The summed E-state index contributed by atoms with van der Waals surface area (Å²) >= 11 is 3.21. The molecule has 1 aliphatic rings. The normalized spacial score (nSPS) is 19.9. The Balaban J connectivity index is 2.39. The number of hydrogen-bond acceptors (Lipinski definition) is 5. The minimum absolute atomic E-state index is 0.0322. The number of nitrogens with zero attached hydrogens (tertiary/aromatic N) is 3. The summed E-state index contributed by atoms with van der Waals surface area (Å²) in [6.45, 7) is 3.84. The van der Waals surface area contributed by atoms with E-state index in [1.165, 1.54) is 6.07 Å². The molecule has 0 radical (unpaired) electrons. The van der Waals surface area contributed by atoms with Gasteiger partial charge in [-0.3, -0.25) is 10.1 Å². The van der Waals surface area contributed by atoms with Crippen LogP contribution in [0.3, 0.4) is 0 Å². The zero-order chi connectivity index (χ0) is 13.1. The van der Waals surface area contributed by atoms with E-state index >= 15 is 0 Å². The second kappa shape index (κ2) is 5.62. The van der Waals surface area contributed by atoms with Crippen molar-refractivity contribution >= 4 is 27.4 Å². The van der Waals surface area contributed by atoms with Gasteiger partial charge in [0.05, 0.1) is 24.2 Å². The summed E-state index contributed by atoms with van der Waals surface area (Å²) in [5.41, 5.74) is 0.0322. The van der Waals surface area contributed by atoms with E-state index in [0.29, 0.717) is 30.0 Å². The maximum absolute atomic E-state index is 11.1. The lowest BCUT2D eigenvalue weighted by atomic mass is 10.1. The van der Waals surface area contributed by atoms with Crippen molar-refractivity contribution in [2.24, 2.45) is 0 Å². The van der Waals surface area contributed by atoms with Crippen LogP contribution in [0.1, 0.15) is 13.3 Å². The third-order valence-corrected chi connectivity index (χ3v) is 3.42. The molecule has 6 nitrogen and oxygen atoms in total. The Labute approximate surface area is 113 Å². The molecule has 98 valence electrons. The molecule has 1 aromatic heterocycles. The minimum Gasteiger partial charge on any atom is -0.377 e. The fourth-order valence-corrected chi connectivity index (χ4v) is 2.37. The van der Waals surface area contributed by atoms with Gasteiger partial charge < -0.3 is 9.64 Å². The van der Waals surface area contributed by atoms with Gasteiger partial charge in [0.2, 0.25) is 5.82 Å². The Kier molecular flexibility index (Phi) is 4.13. The molecule has 1 fully saturated rings. The molecule has 1 aliphatic heterocycles. The molecule has 7 heteroatoms. The van der Waals surface area contributed by atoms with Gasteiger partial charge in [0, 0.05) is 23.3 Å². The van der Waals surface area contributed by atoms with Crippen LogP contribution in [0, 0.1) is 10.1 Å². The maximum Gasteiger partial charge on any atom is 0.312 e. The van der Waals surface area contributed by atoms with Crippen LogP contribution < -0.4 is 4.90 Å². The lowest BCUT2D eigenvalue weighted by Crippen LogP contribution is -2.45. The predicted molar refractivity (Wildman–Crippen MR) is 70.8 cm³/mol. The quantitative estimate of drug-likeness (QED) is 0.632. The summed E-state index contributed by atoms with van der Waals surface area (Å²) in [4.78, 5) is 16.9. The molecule has 1 unspecified atom stereocenters. The molecular weight excluding hydrogens is 302 g/mol. The van der Waals surface area contributed by atoms with Crippen molar-refractivity contribution in [3.05, 3.63) is 26.9 Å². The van der Waals surface area contributed by atoms with Crippen molar-refractivity contribution in [1.29, 1.82) is 0 Å².